The van der Waals surface area contributed by atoms with Gasteiger partial charge in [-0.15, -0.1) is 0 Å². The third-order valence-corrected chi connectivity index (χ3v) is 4.26. The van der Waals surface area contributed by atoms with Gasteiger partial charge in [-0.3, -0.25) is 9.59 Å². The van der Waals surface area contributed by atoms with E-state index in [1.807, 2.05) is 0 Å². The van der Waals surface area contributed by atoms with Crippen molar-refractivity contribution >= 4 is 23.3 Å². The Balaban J connectivity index is 1.59. The fraction of sp³-hybridized carbons (Fsp3) is 0.0870. The van der Waals surface area contributed by atoms with Gasteiger partial charge in [0.15, 0.2) is 12.4 Å². The highest BCUT2D eigenvalue weighted by Gasteiger charge is 2.33. The summed E-state index contributed by atoms with van der Waals surface area (Å²) in [4.78, 5) is 36.4. The van der Waals surface area contributed by atoms with Crippen molar-refractivity contribution in [3.05, 3.63) is 101 Å². The average Bonchev–Trinajstić information content (AvgIpc) is 2.77. The smallest absolute Gasteiger partial charge is 0.418 e. The number of carbonyl (C=O) groups is 3. The number of para-hydroxylation sites is 1. The number of hydrogen-bond acceptors (Lipinski definition) is 4. The minimum absolute atomic E-state index is 0.0908. The van der Waals surface area contributed by atoms with E-state index in [-0.39, 0.29) is 11.3 Å². The molecule has 8 heteroatoms. The first-order valence-electron chi connectivity index (χ1n) is 9.09. The third kappa shape index (κ3) is 5.57. The molecule has 3 aromatic rings. The predicted molar refractivity (Wildman–Crippen MR) is 107 cm³/mol. The van der Waals surface area contributed by atoms with E-state index in [1.165, 1.54) is 36.4 Å². The zero-order valence-corrected chi connectivity index (χ0v) is 16.0. The highest BCUT2D eigenvalue weighted by atomic mass is 19.4. The molecule has 31 heavy (non-hydrogen) atoms. The Bertz CT molecular complexity index is 1090. The van der Waals surface area contributed by atoms with Crippen molar-refractivity contribution in [2.75, 3.05) is 11.9 Å². The molecule has 0 radical (unpaired) electrons. The number of ether oxygens (including phenoxy) is 1. The molecule has 1 N–H and O–H groups in total. The Labute approximate surface area is 175 Å². The minimum Gasteiger partial charge on any atom is -0.452 e. The van der Waals surface area contributed by atoms with Crippen LogP contribution < -0.4 is 5.32 Å². The molecule has 0 heterocycles. The van der Waals surface area contributed by atoms with E-state index in [9.17, 15) is 27.6 Å². The number of nitrogens with one attached hydrogen (secondary N) is 1. The molecule has 0 aliphatic rings. The van der Waals surface area contributed by atoms with Crippen LogP contribution in [0.2, 0.25) is 0 Å². The maximum Gasteiger partial charge on any atom is 0.418 e. The molecule has 5 nitrogen and oxygen atoms in total. The van der Waals surface area contributed by atoms with Crippen LogP contribution in [0.5, 0.6) is 0 Å². The normalized spacial score (nSPS) is 10.9. The fourth-order valence-electron chi connectivity index (χ4n) is 2.75. The van der Waals surface area contributed by atoms with Crippen LogP contribution in [0.3, 0.4) is 0 Å². The van der Waals surface area contributed by atoms with Crippen molar-refractivity contribution in [1.82, 2.24) is 0 Å². The van der Waals surface area contributed by atoms with Crippen molar-refractivity contribution in [3.63, 3.8) is 0 Å². The summed E-state index contributed by atoms with van der Waals surface area (Å²) in [5, 5.41) is 2.09. The van der Waals surface area contributed by atoms with E-state index in [1.54, 1.807) is 30.3 Å². The lowest BCUT2D eigenvalue weighted by Gasteiger charge is -2.13. The quantitative estimate of drug-likeness (QED) is 0.456. The van der Waals surface area contributed by atoms with Crippen LogP contribution in [-0.4, -0.2) is 24.3 Å². The first-order valence-corrected chi connectivity index (χ1v) is 9.09. The Hall–Kier alpha value is -3.94. The van der Waals surface area contributed by atoms with Crippen LogP contribution in [0.15, 0.2) is 78.9 Å². The van der Waals surface area contributed by atoms with E-state index in [0.717, 1.165) is 12.1 Å². The van der Waals surface area contributed by atoms with Crippen LogP contribution >= 0.6 is 0 Å². The van der Waals surface area contributed by atoms with Gasteiger partial charge in [0.25, 0.3) is 5.91 Å². The van der Waals surface area contributed by atoms with Crippen LogP contribution in [0, 0.1) is 0 Å². The summed E-state index contributed by atoms with van der Waals surface area (Å²) in [7, 11) is 0. The Kier molecular flexibility index (Phi) is 6.49. The lowest BCUT2D eigenvalue weighted by molar-refractivity contribution is -0.137. The van der Waals surface area contributed by atoms with E-state index < -0.39 is 35.9 Å². The molecular formula is C23H16F3NO4. The second-order valence-corrected chi connectivity index (χ2v) is 6.44. The van der Waals surface area contributed by atoms with Crippen LogP contribution in [0.4, 0.5) is 18.9 Å². The molecule has 0 aliphatic carbocycles. The molecule has 0 atom stereocenters. The van der Waals surface area contributed by atoms with Gasteiger partial charge in [-0.1, -0.05) is 54.6 Å². The molecule has 0 spiro atoms. The molecule has 3 rings (SSSR count). The number of benzene rings is 3. The van der Waals surface area contributed by atoms with Gasteiger partial charge in [-0.2, -0.15) is 13.2 Å². The Morgan fingerprint density at radius 3 is 1.94 bits per heavy atom. The monoisotopic (exact) mass is 427 g/mol. The largest absolute Gasteiger partial charge is 0.452 e. The van der Waals surface area contributed by atoms with Gasteiger partial charge in [0.05, 0.1) is 16.8 Å². The lowest BCUT2D eigenvalue weighted by Crippen LogP contribution is -2.22. The summed E-state index contributed by atoms with van der Waals surface area (Å²) in [5.74, 6) is -1.98. The van der Waals surface area contributed by atoms with Gasteiger partial charge >= 0.3 is 12.1 Å². The molecule has 0 saturated heterocycles. The van der Waals surface area contributed by atoms with Crippen molar-refractivity contribution in [2.24, 2.45) is 0 Å². The zero-order valence-electron chi connectivity index (χ0n) is 16.0. The summed E-state index contributed by atoms with van der Waals surface area (Å²) in [6.45, 7) is -0.768. The summed E-state index contributed by atoms with van der Waals surface area (Å²) in [6.07, 6.45) is -4.64. The van der Waals surface area contributed by atoms with Crippen molar-refractivity contribution in [1.29, 1.82) is 0 Å². The number of carbonyl (C=O) groups excluding carboxylic acids is 3. The molecule has 1 amide bonds. The van der Waals surface area contributed by atoms with Crippen LogP contribution in [0.25, 0.3) is 0 Å². The van der Waals surface area contributed by atoms with Crippen molar-refractivity contribution in [3.8, 4) is 0 Å². The number of alkyl halides is 3. The maximum atomic E-state index is 13.0. The number of hydrogen-bond donors (Lipinski definition) is 1. The number of esters is 1. The molecular weight excluding hydrogens is 411 g/mol. The number of halogens is 3. The van der Waals surface area contributed by atoms with Crippen molar-refractivity contribution < 1.29 is 32.3 Å². The predicted octanol–water partition coefficient (Wildman–Crippen LogP) is 4.73. The van der Waals surface area contributed by atoms with Gasteiger partial charge < -0.3 is 10.1 Å². The second-order valence-electron chi connectivity index (χ2n) is 6.44. The fourth-order valence-corrected chi connectivity index (χ4v) is 2.75. The summed E-state index contributed by atoms with van der Waals surface area (Å²) in [6, 6.07) is 18.7. The second kappa shape index (κ2) is 9.25. The first-order chi connectivity index (χ1) is 14.8. The van der Waals surface area contributed by atoms with Crippen LogP contribution in [-0.2, 0) is 15.7 Å². The molecule has 158 valence electrons. The van der Waals surface area contributed by atoms with Gasteiger partial charge in [0.2, 0.25) is 0 Å². The number of amides is 1. The maximum absolute atomic E-state index is 13.0. The van der Waals surface area contributed by atoms with E-state index >= 15 is 0 Å². The average molecular weight is 427 g/mol. The Morgan fingerprint density at radius 1 is 0.742 bits per heavy atom. The van der Waals surface area contributed by atoms with E-state index in [4.69, 9.17) is 4.74 Å². The number of ketones is 1. The highest BCUT2D eigenvalue weighted by Crippen LogP contribution is 2.34. The zero-order chi connectivity index (χ0) is 22.4. The third-order valence-electron chi connectivity index (χ3n) is 4.26. The van der Waals surface area contributed by atoms with Crippen molar-refractivity contribution in [2.45, 2.75) is 6.18 Å². The topological polar surface area (TPSA) is 72.5 Å². The molecule has 0 aromatic heterocycles. The Morgan fingerprint density at radius 2 is 1.29 bits per heavy atom. The van der Waals surface area contributed by atoms with Gasteiger partial charge in [-0.25, -0.2) is 4.79 Å². The SMILES string of the molecule is O=C(COC(=O)c1ccc(C(=O)c2ccccc2)cc1)Nc1ccccc1C(F)(F)F. The molecule has 0 saturated carbocycles. The molecule has 3 aromatic carbocycles. The number of rotatable bonds is 6. The van der Waals surface area contributed by atoms with Crippen LogP contribution in [0.1, 0.15) is 31.8 Å². The lowest BCUT2D eigenvalue weighted by atomic mass is 10.0. The number of anilines is 1. The summed E-state index contributed by atoms with van der Waals surface area (Å²) in [5.41, 5.74) is -0.487. The van der Waals surface area contributed by atoms with Gasteiger partial charge in [0, 0.05) is 11.1 Å². The van der Waals surface area contributed by atoms with E-state index in [0.29, 0.717) is 11.1 Å². The molecule has 0 bridgehead atoms. The molecule has 0 unspecified atom stereocenters. The summed E-state index contributed by atoms with van der Waals surface area (Å²) >= 11 is 0. The highest BCUT2D eigenvalue weighted by molar-refractivity contribution is 6.09. The van der Waals surface area contributed by atoms with Gasteiger partial charge in [0.1, 0.15) is 0 Å². The van der Waals surface area contributed by atoms with Gasteiger partial charge in [-0.05, 0) is 24.3 Å². The minimum atomic E-state index is -4.64. The van der Waals surface area contributed by atoms with E-state index in [2.05, 4.69) is 5.32 Å². The first kappa shape index (κ1) is 21.8. The standard InChI is InChI=1S/C23H16F3NO4/c24-23(25,26)18-8-4-5-9-19(18)27-20(28)14-31-22(30)17-12-10-16(11-13-17)21(29)15-6-2-1-3-7-15/h1-13H,14H2,(H,27,28). The molecule has 0 aliphatic heterocycles. The summed E-state index contributed by atoms with van der Waals surface area (Å²) < 4.78 is 43.8. The molecule has 0 fully saturated rings.